The standard InChI is InChI=1S/C20H24ClN3O3/c1-26-17-5-6-19(18(21)12-17)23-20(25)22-13-15-3-2-4-16(11-15)14-24-7-9-27-10-8-24/h2-6,11-12H,7-10,13-14H2,1H3,(H2,22,23,25). The van der Waals surface area contributed by atoms with Crippen molar-refractivity contribution < 1.29 is 14.3 Å². The van der Waals surface area contributed by atoms with Crippen molar-refractivity contribution in [1.29, 1.82) is 0 Å². The molecule has 2 amide bonds. The van der Waals surface area contributed by atoms with Crippen LogP contribution in [0, 0.1) is 0 Å². The molecule has 0 bridgehead atoms. The summed E-state index contributed by atoms with van der Waals surface area (Å²) in [4.78, 5) is 14.5. The molecule has 6 nitrogen and oxygen atoms in total. The van der Waals surface area contributed by atoms with E-state index in [-0.39, 0.29) is 6.03 Å². The summed E-state index contributed by atoms with van der Waals surface area (Å²) in [7, 11) is 1.57. The second kappa shape index (κ2) is 9.60. The van der Waals surface area contributed by atoms with Crippen LogP contribution in [-0.4, -0.2) is 44.3 Å². The van der Waals surface area contributed by atoms with Gasteiger partial charge in [0, 0.05) is 32.2 Å². The fraction of sp³-hybridized carbons (Fsp3) is 0.350. The van der Waals surface area contributed by atoms with Crippen LogP contribution in [0.15, 0.2) is 42.5 Å². The molecule has 1 aliphatic rings. The maximum absolute atomic E-state index is 12.2. The molecule has 0 radical (unpaired) electrons. The zero-order valence-corrected chi connectivity index (χ0v) is 16.1. The van der Waals surface area contributed by atoms with E-state index >= 15 is 0 Å². The number of amides is 2. The number of carbonyl (C=O) groups excluding carboxylic acids is 1. The molecule has 0 spiro atoms. The Kier molecular flexibility index (Phi) is 6.92. The largest absolute Gasteiger partial charge is 0.497 e. The van der Waals surface area contributed by atoms with E-state index in [9.17, 15) is 4.79 Å². The third-order valence-electron chi connectivity index (χ3n) is 4.38. The van der Waals surface area contributed by atoms with Gasteiger partial charge in [-0.3, -0.25) is 4.90 Å². The van der Waals surface area contributed by atoms with Crippen LogP contribution in [0.2, 0.25) is 5.02 Å². The summed E-state index contributed by atoms with van der Waals surface area (Å²) in [6.07, 6.45) is 0. The summed E-state index contributed by atoms with van der Waals surface area (Å²) >= 11 is 6.15. The van der Waals surface area contributed by atoms with Gasteiger partial charge >= 0.3 is 6.03 Å². The molecule has 2 aromatic carbocycles. The lowest BCUT2D eigenvalue weighted by atomic mass is 10.1. The SMILES string of the molecule is COc1ccc(NC(=O)NCc2cccc(CN3CCOCC3)c2)c(Cl)c1. The van der Waals surface area contributed by atoms with Gasteiger partial charge in [0.1, 0.15) is 5.75 Å². The molecule has 1 saturated heterocycles. The topological polar surface area (TPSA) is 62.8 Å². The zero-order chi connectivity index (χ0) is 19.1. The van der Waals surface area contributed by atoms with Crippen LogP contribution in [0.3, 0.4) is 0 Å². The number of benzene rings is 2. The first-order valence-electron chi connectivity index (χ1n) is 8.90. The molecule has 144 valence electrons. The molecule has 7 heteroatoms. The number of urea groups is 1. The van der Waals surface area contributed by atoms with Gasteiger partial charge in [-0.2, -0.15) is 0 Å². The average molecular weight is 390 g/mol. The highest BCUT2D eigenvalue weighted by atomic mass is 35.5. The van der Waals surface area contributed by atoms with E-state index in [2.05, 4.69) is 27.7 Å². The van der Waals surface area contributed by atoms with Gasteiger partial charge in [-0.05, 0) is 23.3 Å². The number of morpholine rings is 1. The van der Waals surface area contributed by atoms with E-state index in [4.69, 9.17) is 21.1 Å². The second-order valence-corrected chi connectivity index (χ2v) is 6.77. The summed E-state index contributed by atoms with van der Waals surface area (Å²) in [6.45, 7) is 4.81. The quantitative estimate of drug-likeness (QED) is 0.793. The zero-order valence-electron chi connectivity index (χ0n) is 15.3. The predicted octanol–water partition coefficient (Wildman–Crippen LogP) is 3.50. The van der Waals surface area contributed by atoms with E-state index in [0.717, 1.165) is 38.4 Å². The number of nitrogens with one attached hydrogen (secondary N) is 2. The van der Waals surface area contributed by atoms with Crippen molar-refractivity contribution in [2.75, 3.05) is 38.7 Å². The Balaban J connectivity index is 1.52. The summed E-state index contributed by atoms with van der Waals surface area (Å²) < 4.78 is 10.5. The number of hydrogen-bond donors (Lipinski definition) is 2. The van der Waals surface area contributed by atoms with Crippen LogP contribution in [0.4, 0.5) is 10.5 Å². The van der Waals surface area contributed by atoms with Crippen molar-refractivity contribution in [2.24, 2.45) is 0 Å². The molecular formula is C20H24ClN3O3. The van der Waals surface area contributed by atoms with E-state index in [1.54, 1.807) is 25.3 Å². The van der Waals surface area contributed by atoms with Crippen LogP contribution in [-0.2, 0) is 17.8 Å². The maximum Gasteiger partial charge on any atom is 0.319 e. The molecule has 27 heavy (non-hydrogen) atoms. The number of halogens is 1. The van der Waals surface area contributed by atoms with Crippen LogP contribution >= 0.6 is 11.6 Å². The number of anilines is 1. The smallest absolute Gasteiger partial charge is 0.319 e. The van der Waals surface area contributed by atoms with E-state index in [1.165, 1.54) is 5.56 Å². The Bertz CT molecular complexity index is 779. The first-order valence-corrected chi connectivity index (χ1v) is 9.28. The van der Waals surface area contributed by atoms with Crippen molar-refractivity contribution >= 4 is 23.3 Å². The lowest BCUT2D eigenvalue weighted by Crippen LogP contribution is -2.35. The molecule has 0 aliphatic carbocycles. The number of nitrogens with zero attached hydrogens (tertiary/aromatic N) is 1. The predicted molar refractivity (Wildman–Crippen MR) is 106 cm³/mol. The van der Waals surface area contributed by atoms with Gasteiger partial charge in [-0.1, -0.05) is 35.9 Å². The van der Waals surface area contributed by atoms with Crippen molar-refractivity contribution in [1.82, 2.24) is 10.2 Å². The highest BCUT2D eigenvalue weighted by Crippen LogP contribution is 2.26. The molecule has 0 aromatic heterocycles. The third-order valence-corrected chi connectivity index (χ3v) is 4.69. The van der Waals surface area contributed by atoms with Crippen molar-refractivity contribution in [3.8, 4) is 5.75 Å². The van der Waals surface area contributed by atoms with Crippen molar-refractivity contribution in [3.05, 3.63) is 58.6 Å². The first kappa shape index (κ1) is 19.5. The summed E-state index contributed by atoms with van der Waals surface area (Å²) in [5.74, 6) is 0.642. The molecular weight excluding hydrogens is 366 g/mol. The molecule has 3 rings (SSSR count). The Labute approximate surface area is 164 Å². The second-order valence-electron chi connectivity index (χ2n) is 6.36. The molecule has 0 atom stereocenters. The van der Waals surface area contributed by atoms with Crippen molar-refractivity contribution in [2.45, 2.75) is 13.1 Å². The minimum Gasteiger partial charge on any atom is -0.497 e. The minimum absolute atomic E-state index is 0.305. The summed E-state index contributed by atoms with van der Waals surface area (Å²) in [5.41, 5.74) is 2.82. The molecule has 1 fully saturated rings. The van der Waals surface area contributed by atoms with E-state index < -0.39 is 0 Å². The fourth-order valence-corrected chi connectivity index (χ4v) is 3.15. The number of ether oxygens (including phenoxy) is 2. The first-order chi connectivity index (χ1) is 13.1. The molecule has 2 aromatic rings. The molecule has 1 aliphatic heterocycles. The number of carbonyl (C=O) groups is 1. The van der Waals surface area contributed by atoms with E-state index in [0.29, 0.717) is 23.0 Å². The van der Waals surface area contributed by atoms with Crippen LogP contribution < -0.4 is 15.4 Å². The van der Waals surface area contributed by atoms with Gasteiger partial charge < -0.3 is 20.1 Å². The Morgan fingerprint density at radius 1 is 1.19 bits per heavy atom. The van der Waals surface area contributed by atoms with Gasteiger partial charge in [-0.15, -0.1) is 0 Å². The van der Waals surface area contributed by atoms with Crippen LogP contribution in [0.25, 0.3) is 0 Å². The van der Waals surface area contributed by atoms with Gasteiger partial charge in [0.05, 0.1) is 31.0 Å². The van der Waals surface area contributed by atoms with Crippen molar-refractivity contribution in [3.63, 3.8) is 0 Å². The van der Waals surface area contributed by atoms with Gasteiger partial charge in [0.25, 0.3) is 0 Å². The van der Waals surface area contributed by atoms with Gasteiger partial charge in [0.15, 0.2) is 0 Å². The Morgan fingerprint density at radius 3 is 2.70 bits per heavy atom. The van der Waals surface area contributed by atoms with Gasteiger partial charge in [0.2, 0.25) is 0 Å². The lowest BCUT2D eigenvalue weighted by Gasteiger charge is -2.26. The number of methoxy groups -OCH3 is 1. The molecule has 0 saturated carbocycles. The molecule has 1 heterocycles. The highest BCUT2D eigenvalue weighted by Gasteiger charge is 2.11. The molecule has 2 N–H and O–H groups in total. The lowest BCUT2D eigenvalue weighted by molar-refractivity contribution is 0.0342. The van der Waals surface area contributed by atoms with E-state index in [1.807, 2.05) is 12.1 Å². The Hall–Kier alpha value is -2.28. The highest BCUT2D eigenvalue weighted by molar-refractivity contribution is 6.33. The van der Waals surface area contributed by atoms with Crippen LogP contribution in [0.5, 0.6) is 5.75 Å². The molecule has 0 unspecified atom stereocenters. The minimum atomic E-state index is -0.305. The third kappa shape index (κ3) is 5.85. The average Bonchev–Trinajstić information content (AvgIpc) is 2.69. The monoisotopic (exact) mass is 389 g/mol. The summed E-state index contributed by atoms with van der Waals surface area (Å²) in [5, 5.41) is 6.04. The van der Waals surface area contributed by atoms with Gasteiger partial charge in [-0.25, -0.2) is 4.79 Å². The maximum atomic E-state index is 12.2. The Morgan fingerprint density at radius 2 is 1.96 bits per heavy atom. The number of hydrogen-bond acceptors (Lipinski definition) is 4. The fourth-order valence-electron chi connectivity index (χ4n) is 2.93. The normalized spacial score (nSPS) is 14.6. The number of rotatable bonds is 6. The van der Waals surface area contributed by atoms with Crippen LogP contribution in [0.1, 0.15) is 11.1 Å². The summed E-state index contributed by atoms with van der Waals surface area (Å²) in [6, 6.07) is 13.1.